The van der Waals surface area contributed by atoms with Crippen LogP contribution < -0.4 is 5.32 Å². The summed E-state index contributed by atoms with van der Waals surface area (Å²) in [4.78, 5) is 17.1. The van der Waals surface area contributed by atoms with Crippen molar-refractivity contribution < 1.29 is 9.53 Å². The van der Waals surface area contributed by atoms with Gasteiger partial charge in [0, 0.05) is 43.3 Å². The van der Waals surface area contributed by atoms with Gasteiger partial charge in [0.2, 0.25) is 5.91 Å². The summed E-state index contributed by atoms with van der Waals surface area (Å²) in [7, 11) is 0. The van der Waals surface area contributed by atoms with E-state index in [1.165, 1.54) is 16.5 Å². The Hall–Kier alpha value is -1.85. The summed E-state index contributed by atoms with van der Waals surface area (Å²) in [6.07, 6.45) is 5.20. The average Bonchev–Trinajstić information content (AvgIpc) is 3.01. The Morgan fingerprint density at radius 2 is 2.04 bits per heavy atom. The zero-order valence-corrected chi connectivity index (χ0v) is 13.3. The monoisotopic (exact) mass is 313 g/mol. The van der Waals surface area contributed by atoms with Gasteiger partial charge < -0.3 is 19.9 Å². The van der Waals surface area contributed by atoms with Gasteiger partial charge >= 0.3 is 0 Å². The van der Waals surface area contributed by atoms with Crippen LogP contribution >= 0.6 is 0 Å². The Morgan fingerprint density at radius 3 is 2.83 bits per heavy atom. The van der Waals surface area contributed by atoms with Gasteiger partial charge in [0.1, 0.15) is 6.61 Å². The predicted molar refractivity (Wildman–Crippen MR) is 89.4 cm³/mol. The van der Waals surface area contributed by atoms with Crippen LogP contribution in [-0.2, 0) is 16.0 Å². The molecule has 0 atom stereocenters. The molecule has 2 aromatic rings. The van der Waals surface area contributed by atoms with E-state index in [1.807, 2.05) is 0 Å². The number of carbonyl (C=O) groups is 1. The summed E-state index contributed by atoms with van der Waals surface area (Å²) in [5, 5.41) is 4.28. The third kappa shape index (κ3) is 2.99. The van der Waals surface area contributed by atoms with E-state index in [9.17, 15) is 4.79 Å². The summed E-state index contributed by atoms with van der Waals surface area (Å²) < 4.78 is 5.83. The molecule has 2 saturated heterocycles. The number of piperidine rings is 1. The highest BCUT2D eigenvalue weighted by Crippen LogP contribution is 2.28. The quantitative estimate of drug-likeness (QED) is 0.907. The van der Waals surface area contributed by atoms with Crippen molar-refractivity contribution in [3.05, 3.63) is 36.0 Å². The second-order valence-corrected chi connectivity index (χ2v) is 6.70. The van der Waals surface area contributed by atoms with Crippen LogP contribution in [0.4, 0.5) is 0 Å². The van der Waals surface area contributed by atoms with Crippen LogP contribution in [0.5, 0.6) is 0 Å². The van der Waals surface area contributed by atoms with Gasteiger partial charge in [0.15, 0.2) is 0 Å². The van der Waals surface area contributed by atoms with Crippen molar-refractivity contribution in [3.63, 3.8) is 0 Å². The van der Waals surface area contributed by atoms with E-state index in [2.05, 4.69) is 45.7 Å². The molecule has 0 saturated carbocycles. The minimum atomic E-state index is -0.120. The van der Waals surface area contributed by atoms with Crippen LogP contribution in [0.1, 0.15) is 18.4 Å². The number of hydrogen-bond acceptors (Lipinski definition) is 3. The van der Waals surface area contributed by atoms with Crippen LogP contribution in [0.2, 0.25) is 0 Å². The van der Waals surface area contributed by atoms with Gasteiger partial charge in [0.25, 0.3) is 0 Å². The molecule has 3 heterocycles. The number of para-hydroxylation sites is 1. The van der Waals surface area contributed by atoms with E-state index < -0.39 is 0 Å². The van der Waals surface area contributed by atoms with Crippen molar-refractivity contribution in [2.75, 3.05) is 32.8 Å². The van der Waals surface area contributed by atoms with Gasteiger partial charge in [-0.1, -0.05) is 18.2 Å². The van der Waals surface area contributed by atoms with Crippen molar-refractivity contribution in [2.45, 2.75) is 24.9 Å². The van der Waals surface area contributed by atoms with E-state index >= 15 is 0 Å². The molecule has 1 spiro atoms. The Balaban J connectivity index is 1.32. The number of likely N-dealkylation sites (tertiary alicyclic amines) is 1. The number of rotatable bonds is 3. The standard InChI is InChI=1S/C18H23N3O2/c22-17-12-23-18(13-20-17)6-9-21(10-7-18)8-5-14-11-19-16-4-2-1-3-15(14)16/h1-4,11,19H,5-10,12-13H2,(H,20,22). The molecule has 2 aliphatic rings. The smallest absolute Gasteiger partial charge is 0.246 e. The number of fused-ring (bicyclic) bond motifs is 1. The predicted octanol–water partition coefficient (Wildman–Crippen LogP) is 1.69. The summed E-state index contributed by atoms with van der Waals surface area (Å²) in [5.41, 5.74) is 2.49. The number of morpholine rings is 1. The summed E-state index contributed by atoms with van der Waals surface area (Å²) >= 11 is 0. The maximum absolute atomic E-state index is 11.2. The number of nitrogens with zero attached hydrogens (tertiary/aromatic N) is 1. The number of nitrogens with one attached hydrogen (secondary N) is 2. The molecule has 23 heavy (non-hydrogen) atoms. The Labute approximate surface area is 136 Å². The van der Waals surface area contributed by atoms with E-state index in [-0.39, 0.29) is 18.1 Å². The van der Waals surface area contributed by atoms with Crippen molar-refractivity contribution in [1.82, 2.24) is 15.2 Å². The number of H-pyrrole nitrogens is 1. The summed E-state index contributed by atoms with van der Waals surface area (Å²) in [6, 6.07) is 8.47. The van der Waals surface area contributed by atoms with Gasteiger partial charge in [-0.25, -0.2) is 0 Å². The molecular formula is C18H23N3O2. The zero-order chi connectivity index (χ0) is 15.7. The molecule has 2 fully saturated rings. The first-order valence-corrected chi connectivity index (χ1v) is 8.42. The minimum Gasteiger partial charge on any atom is -0.363 e. The molecule has 2 N–H and O–H groups in total. The van der Waals surface area contributed by atoms with Gasteiger partial charge in [0.05, 0.1) is 5.60 Å². The number of benzene rings is 1. The molecule has 0 bridgehead atoms. The normalized spacial score (nSPS) is 21.7. The lowest BCUT2D eigenvalue weighted by Crippen LogP contribution is -2.57. The lowest BCUT2D eigenvalue weighted by atomic mass is 9.90. The molecule has 1 aromatic carbocycles. The third-order valence-corrected chi connectivity index (χ3v) is 5.26. The summed E-state index contributed by atoms with van der Waals surface area (Å²) in [5.74, 6) is 0.0115. The number of aromatic amines is 1. The number of amides is 1. The van der Waals surface area contributed by atoms with Crippen LogP contribution in [0.3, 0.4) is 0 Å². The molecule has 5 nitrogen and oxygen atoms in total. The van der Waals surface area contributed by atoms with Crippen molar-refractivity contribution in [1.29, 1.82) is 0 Å². The minimum absolute atomic E-state index is 0.0115. The first-order valence-electron chi connectivity index (χ1n) is 8.42. The van der Waals surface area contributed by atoms with Crippen molar-refractivity contribution in [2.24, 2.45) is 0 Å². The highest BCUT2D eigenvalue weighted by atomic mass is 16.5. The van der Waals surface area contributed by atoms with E-state index in [0.29, 0.717) is 6.54 Å². The highest BCUT2D eigenvalue weighted by Gasteiger charge is 2.38. The molecule has 122 valence electrons. The van der Waals surface area contributed by atoms with Gasteiger partial charge in [-0.05, 0) is 30.9 Å². The molecule has 0 aliphatic carbocycles. The molecule has 1 amide bonds. The van der Waals surface area contributed by atoms with Crippen molar-refractivity contribution in [3.8, 4) is 0 Å². The second-order valence-electron chi connectivity index (χ2n) is 6.70. The largest absolute Gasteiger partial charge is 0.363 e. The van der Waals surface area contributed by atoms with Crippen LogP contribution in [-0.4, -0.2) is 54.2 Å². The van der Waals surface area contributed by atoms with E-state index in [1.54, 1.807) is 0 Å². The summed E-state index contributed by atoms with van der Waals surface area (Å²) in [6.45, 7) is 4.04. The number of aromatic nitrogens is 1. The van der Waals surface area contributed by atoms with Gasteiger partial charge in [-0.2, -0.15) is 0 Å². The van der Waals surface area contributed by atoms with Crippen LogP contribution in [0.15, 0.2) is 30.5 Å². The number of hydrogen-bond donors (Lipinski definition) is 2. The average molecular weight is 313 g/mol. The Morgan fingerprint density at radius 1 is 1.22 bits per heavy atom. The molecular weight excluding hydrogens is 290 g/mol. The molecule has 1 aromatic heterocycles. The van der Waals surface area contributed by atoms with Crippen LogP contribution in [0, 0.1) is 0 Å². The maximum atomic E-state index is 11.2. The van der Waals surface area contributed by atoms with E-state index in [0.717, 1.165) is 38.9 Å². The van der Waals surface area contributed by atoms with Gasteiger partial charge in [-0.15, -0.1) is 0 Å². The third-order valence-electron chi connectivity index (χ3n) is 5.26. The first-order chi connectivity index (χ1) is 11.2. The van der Waals surface area contributed by atoms with Crippen molar-refractivity contribution >= 4 is 16.8 Å². The topological polar surface area (TPSA) is 57.4 Å². The molecule has 2 aliphatic heterocycles. The highest BCUT2D eigenvalue weighted by molar-refractivity contribution is 5.83. The fourth-order valence-corrected chi connectivity index (χ4v) is 3.70. The Kier molecular flexibility index (Phi) is 3.83. The SMILES string of the molecule is O=C1COC2(CCN(CCc3c[nH]c4ccccc34)CC2)CN1. The molecule has 0 radical (unpaired) electrons. The maximum Gasteiger partial charge on any atom is 0.246 e. The zero-order valence-electron chi connectivity index (χ0n) is 13.3. The molecule has 0 unspecified atom stereocenters. The number of carbonyl (C=O) groups excluding carboxylic acids is 1. The first kappa shape index (κ1) is 14.7. The van der Waals surface area contributed by atoms with Crippen LogP contribution in [0.25, 0.3) is 10.9 Å². The molecule has 4 rings (SSSR count). The lowest BCUT2D eigenvalue weighted by Gasteiger charge is -2.43. The Bertz CT molecular complexity index is 689. The fraction of sp³-hybridized carbons (Fsp3) is 0.500. The van der Waals surface area contributed by atoms with Gasteiger partial charge in [-0.3, -0.25) is 4.79 Å². The number of ether oxygens (including phenoxy) is 1. The fourth-order valence-electron chi connectivity index (χ4n) is 3.70. The second kappa shape index (κ2) is 5.98. The lowest BCUT2D eigenvalue weighted by molar-refractivity contribution is -0.150. The molecule has 5 heteroatoms. The van der Waals surface area contributed by atoms with E-state index in [4.69, 9.17) is 4.74 Å².